The Morgan fingerprint density at radius 3 is 2.79 bits per heavy atom. The van der Waals surface area contributed by atoms with Crippen LogP contribution >= 0.6 is 0 Å². The molecular weight excluding hydrogens is 244 g/mol. The Balaban J connectivity index is 2.30. The molecule has 5 heteroatoms. The SMILES string of the molecule is CCCc1nc(C(OCC)C2CC2)ncc1C(=O)O. The van der Waals surface area contributed by atoms with Crippen LogP contribution in [-0.2, 0) is 11.2 Å². The zero-order chi connectivity index (χ0) is 13.8. The average Bonchev–Trinajstić information content (AvgIpc) is 3.20. The van der Waals surface area contributed by atoms with Gasteiger partial charge in [0.15, 0.2) is 5.82 Å². The minimum atomic E-state index is -0.964. The van der Waals surface area contributed by atoms with E-state index in [9.17, 15) is 4.79 Å². The predicted molar refractivity (Wildman–Crippen MR) is 70.1 cm³/mol. The van der Waals surface area contributed by atoms with E-state index in [-0.39, 0.29) is 11.7 Å². The Morgan fingerprint density at radius 1 is 1.53 bits per heavy atom. The molecule has 1 aliphatic rings. The molecule has 0 radical (unpaired) electrons. The molecule has 1 atom stereocenters. The molecule has 0 aliphatic heterocycles. The van der Waals surface area contributed by atoms with Gasteiger partial charge in [0.1, 0.15) is 6.10 Å². The lowest BCUT2D eigenvalue weighted by Gasteiger charge is -2.16. The molecule has 1 heterocycles. The van der Waals surface area contributed by atoms with E-state index in [0.717, 1.165) is 19.3 Å². The van der Waals surface area contributed by atoms with Gasteiger partial charge in [0, 0.05) is 12.8 Å². The van der Waals surface area contributed by atoms with E-state index in [4.69, 9.17) is 9.84 Å². The highest BCUT2D eigenvalue weighted by Gasteiger charge is 2.35. The number of nitrogens with zero attached hydrogens (tertiary/aromatic N) is 2. The van der Waals surface area contributed by atoms with Gasteiger partial charge in [0.05, 0.1) is 11.3 Å². The second kappa shape index (κ2) is 6.10. The summed E-state index contributed by atoms with van der Waals surface area (Å²) < 4.78 is 5.71. The Bertz CT molecular complexity index is 458. The Kier molecular flexibility index (Phi) is 4.47. The molecule has 0 saturated heterocycles. The van der Waals surface area contributed by atoms with Crippen LogP contribution < -0.4 is 0 Å². The molecular formula is C14H20N2O3. The van der Waals surface area contributed by atoms with Gasteiger partial charge in [0.25, 0.3) is 0 Å². The van der Waals surface area contributed by atoms with Gasteiger partial charge in [0.2, 0.25) is 0 Å². The standard InChI is InChI=1S/C14H20N2O3/c1-3-5-11-10(14(17)18)8-15-13(16-11)12(19-4-2)9-6-7-9/h8-9,12H,3-7H2,1-2H3,(H,17,18). The normalized spacial score (nSPS) is 16.3. The van der Waals surface area contributed by atoms with Crippen molar-refractivity contribution in [3.8, 4) is 0 Å². The van der Waals surface area contributed by atoms with Crippen molar-refractivity contribution in [1.82, 2.24) is 9.97 Å². The van der Waals surface area contributed by atoms with Crippen LogP contribution in [0.1, 0.15) is 61.1 Å². The van der Waals surface area contributed by atoms with Gasteiger partial charge in [-0.3, -0.25) is 0 Å². The lowest BCUT2D eigenvalue weighted by molar-refractivity contribution is 0.0397. The molecule has 1 aromatic rings. The van der Waals surface area contributed by atoms with Gasteiger partial charge in [-0.2, -0.15) is 0 Å². The maximum absolute atomic E-state index is 11.1. The highest BCUT2D eigenvalue weighted by atomic mass is 16.5. The number of carbonyl (C=O) groups is 1. The maximum Gasteiger partial charge on any atom is 0.339 e. The fraction of sp³-hybridized carbons (Fsp3) is 0.643. The van der Waals surface area contributed by atoms with Gasteiger partial charge in [-0.25, -0.2) is 14.8 Å². The van der Waals surface area contributed by atoms with Crippen LogP contribution in [0.25, 0.3) is 0 Å². The first-order chi connectivity index (χ1) is 9.17. The average molecular weight is 264 g/mol. The van der Waals surface area contributed by atoms with Crippen LogP contribution in [0.4, 0.5) is 0 Å². The zero-order valence-corrected chi connectivity index (χ0v) is 11.4. The Hall–Kier alpha value is -1.49. The van der Waals surface area contributed by atoms with E-state index in [1.54, 1.807) is 0 Å². The third-order valence-corrected chi connectivity index (χ3v) is 3.25. The zero-order valence-electron chi connectivity index (χ0n) is 11.4. The van der Waals surface area contributed by atoms with Crippen LogP contribution in [0.2, 0.25) is 0 Å². The van der Waals surface area contributed by atoms with Crippen molar-refractivity contribution >= 4 is 5.97 Å². The van der Waals surface area contributed by atoms with E-state index in [0.29, 0.717) is 30.5 Å². The summed E-state index contributed by atoms with van der Waals surface area (Å²) in [6.45, 7) is 4.58. The highest BCUT2D eigenvalue weighted by Crippen LogP contribution is 2.42. The number of hydrogen-bond donors (Lipinski definition) is 1. The second-order valence-corrected chi connectivity index (χ2v) is 4.86. The third-order valence-electron chi connectivity index (χ3n) is 3.25. The summed E-state index contributed by atoms with van der Waals surface area (Å²) in [5, 5.41) is 9.14. The summed E-state index contributed by atoms with van der Waals surface area (Å²) in [4.78, 5) is 19.8. The van der Waals surface area contributed by atoms with E-state index >= 15 is 0 Å². The van der Waals surface area contributed by atoms with Crippen LogP contribution in [0.3, 0.4) is 0 Å². The van der Waals surface area contributed by atoms with E-state index in [2.05, 4.69) is 9.97 Å². The highest BCUT2D eigenvalue weighted by molar-refractivity contribution is 5.88. The topological polar surface area (TPSA) is 72.3 Å². The molecule has 104 valence electrons. The number of aromatic nitrogens is 2. The number of aryl methyl sites for hydroxylation is 1. The number of hydrogen-bond acceptors (Lipinski definition) is 4. The molecule has 1 saturated carbocycles. The second-order valence-electron chi connectivity index (χ2n) is 4.86. The molecule has 1 fully saturated rings. The largest absolute Gasteiger partial charge is 0.478 e. The molecule has 0 bridgehead atoms. The third kappa shape index (κ3) is 3.29. The number of carboxylic acid groups (broad SMARTS) is 1. The van der Waals surface area contributed by atoms with Gasteiger partial charge < -0.3 is 9.84 Å². The monoisotopic (exact) mass is 264 g/mol. The van der Waals surface area contributed by atoms with E-state index < -0.39 is 5.97 Å². The van der Waals surface area contributed by atoms with Crippen LogP contribution in [0, 0.1) is 5.92 Å². The number of aromatic carboxylic acids is 1. The molecule has 0 spiro atoms. The van der Waals surface area contributed by atoms with E-state index in [1.807, 2.05) is 13.8 Å². The molecule has 1 aliphatic carbocycles. The predicted octanol–water partition coefficient (Wildman–Crippen LogP) is 2.61. The minimum Gasteiger partial charge on any atom is -0.478 e. The molecule has 1 unspecified atom stereocenters. The van der Waals surface area contributed by atoms with Crippen molar-refractivity contribution in [1.29, 1.82) is 0 Å². The van der Waals surface area contributed by atoms with Crippen LogP contribution in [0.5, 0.6) is 0 Å². The van der Waals surface area contributed by atoms with Gasteiger partial charge >= 0.3 is 5.97 Å². The summed E-state index contributed by atoms with van der Waals surface area (Å²) >= 11 is 0. The summed E-state index contributed by atoms with van der Waals surface area (Å²) in [5.74, 6) is 0.164. The smallest absolute Gasteiger partial charge is 0.339 e. The first-order valence-corrected chi connectivity index (χ1v) is 6.88. The van der Waals surface area contributed by atoms with Crippen molar-refractivity contribution in [2.75, 3.05) is 6.61 Å². The molecule has 2 rings (SSSR count). The van der Waals surface area contributed by atoms with Crippen LogP contribution in [-0.4, -0.2) is 27.7 Å². The van der Waals surface area contributed by atoms with Crippen molar-refractivity contribution in [2.24, 2.45) is 5.92 Å². The first-order valence-electron chi connectivity index (χ1n) is 6.88. The Morgan fingerprint density at radius 2 is 2.26 bits per heavy atom. The van der Waals surface area contributed by atoms with Crippen molar-refractivity contribution in [3.63, 3.8) is 0 Å². The van der Waals surface area contributed by atoms with Crippen LogP contribution in [0.15, 0.2) is 6.20 Å². The van der Waals surface area contributed by atoms with Gasteiger partial charge in [-0.1, -0.05) is 13.3 Å². The molecule has 1 aromatic heterocycles. The van der Waals surface area contributed by atoms with Crippen molar-refractivity contribution in [3.05, 3.63) is 23.3 Å². The maximum atomic E-state index is 11.1. The molecule has 1 N–H and O–H groups in total. The number of carboxylic acids is 1. The minimum absolute atomic E-state index is 0.0801. The Labute approximate surface area is 113 Å². The van der Waals surface area contributed by atoms with Crippen molar-refractivity contribution in [2.45, 2.75) is 45.6 Å². The quantitative estimate of drug-likeness (QED) is 0.819. The van der Waals surface area contributed by atoms with Gasteiger partial charge in [-0.15, -0.1) is 0 Å². The lowest BCUT2D eigenvalue weighted by atomic mass is 10.1. The van der Waals surface area contributed by atoms with Crippen molar-refractivity contribution < 1.29 is 14.6 Å². The molecule has 19 heavy (non-hydrogen) atoms. The molecule has 0 aromatic carbocycles. The van der Waals surface area contributed by atoms with Gasteiger partial charge in [-0.05, 0) is 32.1 Å². The summed E-state index contributed by atoms with van der Waals surface area (Å²) in [6.07, 6.45) is 5.13. The summed E-state index contributed by atoms with van der Waals surface area (Å²) in [7, 11) is 0. The fourth-order valence-corrected chi connectivity index (χ4v) is 2.18. The summed E-state index contributed by atoms with van der Waals surface area (Å²) in [5.41, 5.74) is 0.821. The number of rotatable bonds is 7. The number of ether oxygens (including phenoxy) is 1. The molecule has 0 amide bonds. The lowest BCUT2D eigenvalue weighted by Crippen LogP contribution is -2.15. The summed E-state index contributed by atoms with van der Waals surface area (Å²) in [6, 6.07) is 0. The first kappa shape index (κ1) is 13.9. The molecule has 5 nitrogen and oxygen atoms in total. The fourth-order valence-electron chi connectivity index (χ4n) is 2.18. The van der Waals surface area contributed by atoms with E-state index in [1.165, 1.54) is 6.20 Å².